The molecule has 24 heavy (non-hydrogen) atoms. The Morgan fingerprint density at radius 1 is 1.17 bits per heavy atom. The number of hydrogen-bond donors (Lipinski definition) is 1. The summed E-state index contributed by atoms with van der Waals surface area (Å²) >= 11 is 0. The maximum absolute atomic E-state index is 12.2. The fourth-order valence-corrected chi connectivity index (χ4v) is 2.44. The number of nitrogens with one attached hydrogen (secondary N) is 1. The van der Waals surface area contributed by atoms with E-state index < -0.39 is 0 Å². The minimum atomic E-state index is -0.0411. The number of hydrogen-bond acceptors (Lipinski definition) is 5. The molecule has 6 heteroatoms. The van der Waals surface area contributed by atoms with Crippen LogP contribution < -0.4 is 10.1 Å². The first-order valence-electron chi connectivity index (χ1n) is 8.16. The predicted octanol–water partition coefficient (Wildman–Crippen LogP) is 2.62. The zero-order chi connectivity index (χ0) is 17.4. The predicted molar refractivity (Wildman–Crippen MR) is 94.5 cm³/mol. The second-order valence-electron chi connectivity index (χ2n) is 5.26. The lowest BCUT2D eigenvalue weighted by molar-refractivity contribution is 0.0772. The van der Waals surface area contributed by atoms with Crippen LogP contribution in [0.25, 0.3) is 0 Å². The number of carbonyl (C=O) groups excluding carboxylic acids is 1. The van der Waals surface area contributed by atoms with E-state index in [9.17, 15) is 4.79 Å². The molecule has 2 aromatic rings. The van der Waals surface area contributed by atoms with Gasteiger partial charge in [-0.1, -0.05) is 18.2 Å². The average molecular weight is 328 g/mol. The lowest BCUT2D eigenvalue weighted by atomic mass is 10.1. The standard InChI is InChI=1S/C18H24N4O2/c1-4-22(5-2)17(23)15-12-20-18(21-13-15)19-11-10-14-8-6-7-9-16(14)24-3/h6-9,12-13H,4-5,10-11H2,1-3H3,(H,19,20,21). The summed E-state index contributed by atoms with van der Waals surface area (Å²) in [5.41, 5.74) is 1.63. The smallest absolute Gasteiger partial charge is 0.256 e. The molecule has 0 saturated heterocycles. The average Bonchev–Trinajstić information content (AvgIpc) is 2.63. The van der Waals surface area contributed by atoms with Crippen molar-refractivity contribution in [3.05, 3.63) is 47.8 Å². The molecule has 0 aliphatic carbocycles. The van der Waals surface area contributed by atoms with Gasteiger partial charge in [0.15, 0.2) is 0 Å². The molecule has 0 bridgehead atoms. The van der Waals surface area contributed by atoms with E-state index in [4.69, 9.17) is 4.74 Å². The molecule has 1 N–H and O–H groups in total. The highest BCUT2D eigenvalue weighted by Gasteiger charge is 2.13. The lowest BCUT2D eigenvalue weighted by Gasteiger charge is -2.18. The molecular weight excluding hydrogens is 304 g/mol. The van der Waals surface area contributed by atoms with E-state index in [1.165, 1.54) is 0 Å². The summed E-state index contributed by atoms with van der Waals surface area (Å²) in [4.78, 5) is 22.4. The number of nitrogens with zero attached hydrogens (tertiary/aromatic N) is 3. The third-order valence-electron chi connectivity index (χ3n) is 3.82. The number of carbonyl (C=O) groups is 1. The fraction of sp³-hybridized carbons (Fsp3) is 0.389. The zero-order valence-corrected chi connectivity index (χ0v) is 14.5. The lowest BCUT2D eigenvalue weighted by Crippen LogP contribution is -2.30. The number of methoxy groups -OCH3 is 1. The van der Waals surface area contributed by atoms with Gasteiger partial charge in [0.25, 0.3) is 5.91 Å². The monoisotopic (exact) mass is 328 g/mol. The number of rotatable bonds is 8. The first kappa shape index (κ1) is 17.7. The topological polar surface area (TPSA) is 67.4 Å². The molecule has 0 aliphatic rings. The number of amides is 1. The highest BCUT2D eigenvalue weighted by atomic mass is 16.5. The van der Waals surface area contributed by atoms with Crippen molar-refractivity contribution < 1.29 is 9.53 Å². The molecule has 0 aliphatic heterocycles. The van der Waals surface area contributed by atoms with Gasteiger partial charge in [-0.05, 0) is 31.9 Å². The van der Waals surface area contributed by atoms with Gasteiger partial charge in [-0.2, -0.15) is 0 Å². The van der Waals surface area contributed by atoms with E-state index in [-0.39, 0.29) is 5.91 Å². The highest BCUT2D eigenvalue weighted by molar-refractivity contribution is 5.93. The Labute approximate surface area is 142 Å². The normalized spacial score (nSPS) is 10.3. The van der Waals surface area contributed by atoms with E-state index in [2.05, 4.69) is 15.3 Å². The Hall–Kier alpha value is -2.63. The van der Waals surface area contributed by atoms with Crippen LogP contribution in [0, 0.1) is 0 Å². The summed E-state index contributed by atoms with van der Waals surface area (Å²) in [6.07, 6.45) is 3.94. The van der Waals surface area contributed by atoms with E-state index in [1.807, 2.05) is 38.1 Å². The van der Waals surface area contributed by atoms with Crippen molar-refractivity contribution in [2.24, 2.45) is 0 Å². The minimum Gasteiger partial charge on any atom is -0.496 e. The molecule has 0 fully saturated rings. The summed E-state index contributed by atoms with van der Waals surface area (Å²) in [7, 11) is 1.67. The van der Waals surface area contributed by atoms with Crippen molar-refractivity contribution >= 4 is 11.9 Å². The Morgan fingerprint density at radius 3 is 2.46 bits per heavy atom. The summed E-state index contributed by atoms with van der Waals surface area (Å²) < 4.78 is 5.33. The van der Waals surface area contributed by atoms with Crippen molar-refractivity contribution in [2.75, 3.05) is 32.1 Å². The van der Waals surface area contributed by atoms with Crippen LogP contribution in [0.5, 0.6) is 5.75 Å². The van der Waals surface area contributed by atoms with E-state index in [0.29, 0.717) is 31.1 Å². The number of ether oxygens (including phenoxy) is 1. The van der Waals surface area contributed by atoms with Crippen molar-refractivity contribution in [2.45, 2.75) is 20.3 Å². The largest absolute Gasteiger partial charge is 0.496 e. The zero-order valence-electron chi connectivity index (χ0n) is 14.5. The molecule has 128 valence electrons. The molecular formula is C18H24N4O2. The van der Waals surface area contributed by atoms with Crippen LogP contribution in [0.3, 0.4) is 0 Å². The molecule has 1 aromatic carbocycles. The molecule has 0 unspecified atom stereocenters. The maximum Gasteiger partial charge on any atom is 0.256 e. The van der Waals surface area contributed by atoms with Crippen molar-refractivity contribution in [1.29, 1.82) is 0 Å². The van der Waals surface area contributed by atoms with Gasteiger partial charge in [0, 0.05) is 32.0 Å². The van der Waals surface area contributed by atoms with Crippen LogP contribution in [0.2, 0.25) is 0 Å². The molecule has 1 aromatic heterocycles. The number of para-hydroxylation sites is 1. The number of aromatic nitrogens is 2. The third kappa shape index (κ3) is 4.44. The number of anilines is 1. The van der Waals surface area contributed by atoms with Gasteiger partial charge in [-0.3, -0.25) is 4.79 Å². The molecule has 6 nitrogen and oxygen atoms in total. The molecule has 1 amide bonds. The molecule has 0 radical (unpaired) electrons. The van der Waals surface area contributed by atoms with Crippen LogP contribution in [0.15, 0.2) is 36.7 Å². The molecule has 0 spiro atoms. The van der Waals surface area contributed by atoms with E-state index in [0.717, 1.165) is 17.7 Å². The summed E-state index contributed by atoms with van der Waals surface area (Å²) in [5.74, 6) is 1.35. The quantitative estimate of drug-likeness (QED) is 0.807. The molecule has 0 saturated carbocycles. The minimum absolute atomic E-state index is 0.0411. The summed E-state index contributed by atoms with van der Waals surface area (Å²) in [6.45, 7) is 5.94. The summed E-state index contributed by atoms with van der Waals surface area (Å²) in [5, 5.41) is 3.17. The van der Waals surface area contributed by atoms with Gasteiger partial charge in [-0.25, -0.2) is 9.97 Å². The van der Waals surface area contributed by atoms with Crippen LogP contribution in [0.4, 0.5) is 5.95 Å². The SMILES string of the molecule is CCN(CC)C(=O)c1cnc(NCCc2ccccc2OC)nc1. The first-order chi connectivity index (χ1) is 11.7. The van der Waals surface area contributed by atoms with Crippen LogP contribution >= 0.6 is 0 Å². The van der Waals surface area contributed by atoms with Crippen LogP contribution in [-0.4, -0.2) is 47.5 Å². The van der Waals surface area contributed by atoms with Crippen molar-refractivity contribution in [1.82, 2.24) is 14.9 Å². The van der Waals surface area contributed by atoms with Crippen molar-refractivity contribution in [3.8, 4) is 5.75 Å². The van der Waals surface area contributed by atoms with Crippen molar-refractivity contribution in [3.63, 3.8) is 0 Å². The van der Waals surface area contributed by atoms with Gasteiger partial charge in [0.05, 0.1) is 12.7 Å². The molecule has 1 heterocycles. The summed E-state index contributed by atoms with van der Waals surface area (Å²) in [6, 6.07) is 7.92. The van der Waals surface area contributed by atoms with Gasteiger partial charge in [-0.15, -0.1) is 0 Å². The highest BCUT2D eigenvalue weighted by Crippen LogP contribution is 2.17. The van der Waals surface area contributed by atoms with Gasteiger partial charge >= 0.3 is 0 Å². The Kier molecular flexibility index (Phi) is 6.54. The van der Waals surface area contributed by atoms with Crippen LogP contribution in [0.1, 0.15) is 29.8 Å². The Balaban J connectivity index is 1.91. The third-order valence-corrected chi connectivity index (χ3v) is 3.82. The van der Waals surface area contributed by atoms with Gasteiger partial charge in [0.2, 0.25) is 5.95 Å². The Morgan fingerprint density at radius 2 is 1.83 bits per heavy atom. The van der Waals surface area contributed by atoms with E-state index >= 15 is 0 Å². The van der Waals surface area contributed by atoms with Gasteiger partial charge < -0.3 is 15.0 Å². The maximum atomic E-state index is 12.2. The Bertz CT molecular complexity index is 654. The van der Waals surface area contributed by atoms with E-state index in [1.54, 1.807) is 24.4 Å². The first-order valence-corrected chi connectivity index (χ1v) is 8.16. The second-order valence-corrected chi connectivity index (χ2v) is 5.26. The fourth-order valence-electron chi connectivity index (χ4n) is 2.44. The molecule has 2 rings (SSSR count). The number of benzene rings is 1. The molecule has 0 atom stereocenters. The van der Waals surface area contributed by atoms with Crippen LogP contribution in [-0.2, 0) is 6.42 Å². The second kappa shape index (κ2) is 8.86. The van der Waals surface area contributed by atoms with Gasteiger partial charge in [0.1, 0.15) is 5.75 Å².